The van der Waals surface area contributed by atoms with Gasteiger partial charge in [-0.05, 0) is 61.5 Å². The van der Waals surface area contributed by atoms with Crippen LogP contribution in [0.3, 0.4) is 0 Å². The van der Waals surface area contributed by atoms with E-state index in [1.54, 1.807) is 41.7 Å². The average Bonchev–Trinajstić information content (AvgIpc) is 3.45. The van der Waals surface area contributed by atoms with Crippen LogP contribution in [0.1, 0.15) is 23.0 Å². The molecule has 0 aliphatic rings. The number of ether oxygens (including phenoxy) is 2. The molecule has 3 aromatic carbocycles. The molecule has 2 N–H and O–H groups in total. The van der Waals surface area contributed by atoms with Crippen molar-refractivity contribution in [1.82, 2.24) is 9.38 Å². The number of alkyl halides is 3. The van der Waals surface area contributed by atoms with Crippen LogP contribution < -0.4 is 15.4 Å². The highest BCUT2D eigenvalue weighted by atomic mass is 35.5. The molecule has 0 unspecified atom stereocenters. The molecule has 0 spiro atoms. The summed E-state index contributed by atoms with van der Waals surface area (Å²) < 4.78 is 52.8. The normalized spacial score (nSPS) is 11.5. The second-order valence-corrected chi connectivity index (χ2v) is 9.53. The molecular formula is C26H18ClF3N4O4S. The predicted octanol–water partition coefficient (Wildman–Crippen LogP) is 7.83. The molecule has 0 bridgehead atoms. The number of nitrogens with zero attached hydrogens (tertiary/aromatic N) is 2. The summed E-state index contributed by atoms with van der Waals surface area (Å²) in [5, 5.41) is 4.44. The van der Waals surface area contributed by atoms with E-state index in [0.717, 1.165) is 22.3 Å². The molecule has 0 atom stereocenters. The Morgan fingerprint density at radius 1 is 1.00 bits per heavy atom. The Balaban J connectivity index is 1.25. The fourth-order valence-electron chi connectivity index (χ4n) is 3.77. The van der Waals surface area contributed by atoms with Gasteiger partial charge in [0, 0.05) is 17.4 Å². The standard InChI is InChI=1S/C26H18ClF3N4O4S/c1-2-37-23(35)21-13-31-25-34(21)20-10-8-17(12-22(20)39-25)38-16-6-3-14(4-7-16)32-24(36)33-15-5-9-19(27)18(11-15)26(28,29)30/h3-13H,2H2,1H3,(H2,32,33,36). The van der Waals surface area contributed by atoms with E-state index in [1.165, 1.54) is 23.6 Å². The van der Waals surface area contributed by atoms with Crippen molar-refractivity contribution in [2.45, 2.75) is 13.1 Å². The van der Waals surface area contributed by atoms with Crippen molar-refractivity contribution < 1.29 is 32.2 Å². The molecule has 13 heteroatoms. The largest absolute Gasteiger partial charge is 0.461 e. The van der Waals surface area contributed by atoms with Crippen LogP contribution >= 0.6 is 22.9 Å². The Hall–Kier alpha value is -4.29. The van der Waals surface area contributed by atoms with Gasteiger partial charge in [0.2, 0.25) is 0 Å². The molecule has 0 aliphatic carbocycles. The Bertz CT molecular complexity index is 1700. The van der Waals surface area contributed by atoms with E-state index >= 15 is 0 Å². The Morgan fingerprint density at radius 2 is 1.69 bits per heavy atom. The van der Waals surface area contributed by atoms with Crippen molar-refractivity contribution in [3.63, 3.8) is 0 Å². The van der Waals surface area contributed by atoms with Crippen molar-refractivity contribution in [3.05, 3.63) is 83.1 Å². The lowest BCUT2D eigenvalue weighted by molar-refractivity contribution is -0.137. The molecule has 0 saturated carbocycles. The number of carbonyl (C=O) groups is 2. The van der Waals surface area contributed by atoms with Crippen molar-refractivity contribution in [3.8, 4) is 11.5 Å². The summed E-state index contributed by atoms with van der Waals surface area (Å²) in [6, 6.07) is 14.2. The summed E-state index contributed by atoms with van der Waals surface area (Å²) in [7, 11) is 0. The highest BCUT2D eigenvalue weighted by molar-refractivity contribution is 7.23. The van der Waals surface area contributed by atoms with Gasteiger partial charge in [-0.1, -0.05) is 22.9 Å². The third-order valence-electron chi connectivity index (χ3n) is 5.46. The monoisotopic (exact) mass is 574 g/mol. The maximum absolute atomic E-state index is 13.0. The molecule has 200 valence electrons. The molecule has 8 nitrogen and oxygen atoms in total. The van der Waals surface area contributed by atoms with Gasteiger partial charge in [-0.15, -0.1) is 0 Å². The number of rotatable bonds is 6. The number of fused-ring (bicyclic) bond motifs is 3. The first-order valence-corrected chi connectivity index (χ1v) is 12.6. The molecule has 2 amide bonds. The molecule has 0 saturated heterocycles. The number of nitrogens with one attached hydrogen (secondary N) is 2. The number of imidazole rings is 1. The number of hydrogen-bond acceptors (Lipinski definition) is 6. The van der Waals surface area contributed by atoms with Gasteiger partial charge in [-0.25, -0.2) is 14.6 Å². The number of hydrogen-bond donors (Lipinski definition) is 2. The lowest BCUT2D eigenvalue weighted by atomic mass is 10.2. The number of carbonyl (C=O) groups excluding carboxylic acids is 2. The molecule has 0 radical (unpaired) electrons. The van der Waals surface area contributed by atoms with Crippen LogP contribution in [-0.2, 0) is 10.9 Å². The van der Waals surface area contributed by atoms with E-state index in [0.29, 0.717) is 27.8 Å². The summed E-state index contributed by atoms with van der Waals surface area (Å²) in [6.07, 6.45) is -3.16. The van der Waals surface area contributed by atoms with E-state index in [9.17, 15) is 22.8 Å². The second-order valence-electron chi connectivity index (χ2n) is 8.11. The zero-order chi connectivity index (χ0) is 27.7. The number of thiazole rings is 1. The zero-order valence-corrected chi connectivity index (χ0v) is 21.6. The van der Waals surface area contributed by atoms with Gasteiger partial charge in [0.25, 0.3) is 0 Å². The minimum Gasteiger partial charge on any atom is -0.461 e. The quantitative estimate of drug-likeness (QED) is 0.202. The molecule has 2 heterocycles. The molecule has 5 rings (SSSR count). The van der Waals surface area contributed by atoms with Crippen molar-refractivity contribution in [1.29, 1.82) is 0 Å². The van der Waals surface area contributed by atoms with Gasteiger partial charge in [0.1, 0.15) is 11.5 Å². The van der Waals surface area contributed by atoms with Crippen LogP contribution in [0.2, 0.25) is 5.02 Å². The molecular weight excluding hydrogens is 557 g/mol. The van der Waals surface area contributed by atoms with Gasteiger partial charge in [-0.2, -0.15) is 13.2 Å². The summed E-state index contributed by atoms with van der Waals surface area (Å²) in [4.78, 5) is 29.5. The maximum Gasteiger partial charge on any atom is 0.417 e. The highest BCUT2D eigenvalue weighted by Gasteiger charge is 2.33. The molecule has 0 aliphatic heterocycles. The molecule has 2 aromatic heterocycles. The summed E-state index contributed by atoms with van der Waals surface area (Å²) in [5.74, 6) is 0.583. The number of anilines is 2. The van der Waals surface area contributed by atoms with E-state index in [-0.39, 0.29) is 12.3 Å². The van der Waals surface area contributed by atoms with Gasteiger partial charge in [0.15, 0.2) is 10.7 Å². The number of halogens is 4. The van der Waals surface area contributed by atoms with Crippen molar-refractivity contribution in [2.75, 3.05) is 17.2 Å². The van der Waals surface area contributed by atoms with Gasteiger partial charge in [0.05, 0.1) is 33.6 Å². The Kier molecular flexibility index (Phi) is 7.06. The fourth-order valence-corrected chi connectivity index (χ4v) is 5.02. The molecule has 39 heavy (non-hydrogen) atoms. The van der Waals surface area contributed by atoms with Gasteiger partial charge in [-0.3, -0.25) is 4.40 Å². The lowest BCUT2D eigenvalue weighted by Gasteiger charge is -2.12. The van der Waals surface area contributed by atoms with E-state index in [1.807, 2.05) is 12.1 Å². The van der Waals surface area contributed by atoms with E-state index in [2.05, 4.69) is 15.6 Å². The fraction of sp³-hybridized carbons (Fsp3) is 0.115. The first-order chi connectivity index (χ1) is 18.6. The third-order valence-corrected chi connectivity index (χ3v) is 6.81. The highest BCUT2D eigenvalue weighted by Crippen LogP contribution is 2.36. The molecule has 0 fully saturated rings. The zero-order valence-electron chi connectivity index (χ0n) is 20.0. The third kappa shape index (κ3) is 5.61. The molecule has 5 aromatic rings. The van der Waals surface area contributed by atoms with Crippen molar-refractivity contribution >= 4 is 61.5 Å². The van der Waals surface area contributed by atoms with Crippen LogP contribution in [0.4, 0.5) is 29.3 Å². The number of aromatic nitrogens is 2. The number of esters is 1. The summed E-state index contributed by atoms with van der Waals surface area (Å²) in [5.41, 5.74) is 0.422. The van der Waals surface area contributed by atoms with Crippen LogP contribution in [-0.4, -0.2) is 28.0 Å². The maximum atomic E-state index is 13.0. The minimum absolute atomic E-state index is 0.0602. The first kappa shape index (κ1) is 26.3. The van der Waals surface area contributed by atoms with Gasteiger partial charge < -0.3 is 20.1 Å². The summed E-state index contributed by atoms with van der Waals surface area (Å²) >= 11 is 7.01. The first-order valence-electron chi connectivity index (χ1n) is 11.4. The lowest BCUT2D eigenvalue weighted by Crippen LogP contribution is -2.19. The van der Waals surface area contributed by atoms with Crippen LogP contribution in [0.5, 0.6) is 11.5 Å². The predicted molar refractivity (Wildman–Crippen MR) is 142 cm³/mol. The van der Waals surface area contributed by atoms with Gasteiger partial charge >= 0.3 is 18.2 Å². The Morgan fingerprint density at radius 3 is 2.41 bits per heavy atom. The Labute approximate surface area is 227 Å². The minimum atomic E-state index is -4.65. The average molecular weight is 575 g/mol. The SMILES string of the molecule is CCOC(=O)c1cnc2sc3cc(Oc4ccc(NC(=O)Nc5ccc(Cl)c(C(F)(F)F)c5)cc4)ccc3n12. The number of urea groups is 1. The van der Waals surface area contributed by atoms with Crippen molar-refractivity contribution in [2.24, 2.45) is 0 Å². The number of amides is 2. The van der Waals surface area contributed by atoms with E-state index in [4.69, 9.17) is 21.1 Å². The number of benzene rings is 3. The van der Waals surface area contributed by atoms with E-state index < -0.39 is 28.8 Å². The second kappa shape index (κ2) is 10.5. The summed E-state index contributed by atoms with van der Waals surface area (Å²) in [6.45, 7) is 2.00. The smallest absolute Gasteiger partial charge is 0.417 e. The van der Waals surface area contributed by atoms with Crippen LogP contribution in [0.15, 0.2) is 66.9 Å². The van der Waals surface area contributed by atoms with Crippen LogP contribution in [0, 0.1) is 0 Å². The van der Waals surface area contributed by atoms with Crippen LogP contribution in [0.25, 0.3) is 15.2 Å². The topological polar surface area (TPSA) is 94.0 Å².